The predicted octanol–water partition coefficient (Wildman–Crippen LogP) is 0.234. The van der Waals surface area contributed by atoms with E-state index in [2.05, 4.69) is 20.1 Å². The van der Waals surface area contributed by atoms with Crippen molar-refractivity contribution >= 4 is 16.4 Å². The van der Waals surface area contributed by atoms with Crippen molar-refractivity contribution in [1.82, 2.24) is 25.8 Å². The number of aromatic nitrogens is 1. The van der Waals surface area contributed by atoms with Crippen molar-refractivity contribution in [1.29, 1.82) is 0 Å². The van der Waals surface area contributed by atoms with Crippen molar-refractivity contribution in [2.75, 3.05) is 26.2 Å². The third kappa shape index (κ3) is 4.30. The molecule has 12 heteroatoms. The van der Waals surface area contributed by atoms with Crippen molar-refractivity contribution < 1.29 is 26.6 Å². The lowest BCUT2D eigenvalue weighted by atomic mass is 9.98. The predicted molar refractivity (Wildman–Crippen MR) is 96.4 cm³/mol. The van der Waals surface area contributed by atoms with Crippen LogP contribution in [-0.4, -0.2) is 72.4 Å². The normalized spacial score (nSPS) is 26.2. The SMILES string of the molecule is O=C1N2C[C@@H](CC[C@@H]2c2cc(CCNC3CCNCC3)on2)N1OS(=O)(=O)O. The molecule has 1 aromatic heterocycles. The van der Waals surface area contributed by atoms with Crippen LogP contribution < -0.4 is 10.6 Å². The van der Waals surface area contributed by atoms with E-state index < -0.39 is 22.5 Å². The van der Waals surface area contributed by atoms with Crippen molar-refractivity contribution in [3.63, 3.8) is 0 Å². The van der Waals surface area contributed by atoms with Crippen molar-refractivity contribution in [3.05, 3.63) is 17.5 Å². The summed E-state index contributed by atoms with van der Waals surface area (Å²) < 4.78 is 40.7. The van der Waals surface area contributed by atoms with Gasteiger partial charge in [-0.05, 0) is 38.8 Å². The van der Waals surface area contributed by atoms with E-state index in [0.29, 0.717) is 37.5 Å². The number of hydrogen-bond donors (Lipinski definition) is 3. The van der Waals surface area contributed by atoms with Gasteiger partial charge in [-0.15, -0.1) is 4.28 Å². The second-order valence-corrected chi connectivity index (χ2v) is 8.46. The molecular formula is C16H25N5O6S. The van der Waals surface area contributed by atoms with E-state index in [1.54, 1.807) is 0 Å². The van der Waals surface area contributed by atoms with Crippen LogP contribution in [0.3, 0.4) is 0 Å². The minimum absolute atomic E-state index is 0.298. The lowest BCUT2D eigenvalue weighted by Crippen LogP contribution is -2.40. The van der Waals surface area contributed by atoms with Gasteiger partial charge >= 0.3 is 16.4 Å². The molecule has 2 atom stereocenters. The molecule has 28 heavy (non-hydrogen) atoms. The highest BCUT2D eigenvalue weighted by molar-refractivity contribution is 7.80. The lowest BCUT2D eigenvalue weighted by molar-refractivity contribution is -0.0317. The van der Waals surface area contributed by atoms with Crippen LogP contribution in [-0.2, 0) is 21.1 Å². The number of nitrogens with zero attached hydrogens (tertiary/aromatic N) is 3. The third-order valence-corrected chi connectivity index (χ3v) is 5.91. The first-order valence-electron chi connectivity index (χ1n) is 9.57. The summed E-state index contributed by atoms with van der Waals surface area (Å²) in [6, 6.07) is 1.08. The molecule has 0 saturated carbocycles. The Morgan fingerprint density at radius 3 is 2.86 bits per heavy atom. The maximum Gasteiger partial charge on any atom is 0.418 e. The Labute approximate surface area is 163 Å². The molecule has 3 N–H and O–H groups in total. The fraction of sp³-hybridized carbons (Fsp3) is 0.750. The minimum atomic E-state index is -4.74. The van der Waals surface area contributed by atoms with Crippen LogP contribution in [0.2, 0.25) is 0 Å². The zero-order chi connectivity index (χ0) is 19.7. The number of rotatable bonds is 7. The molecule has 0 radical (unpaired) electrons. The Balaban J connectivity index is 1.34. The van der Waals surface area contributed by atoms with Crippen molar-refractivity contribution in [2.45, 2.75) is 50.2 Å². The molecule has 11 nitrogen and oxygen atoms in total. The molecule has 2 amide bonds. The summed E-state index contributed by atoms with van der Waals surface area (Å²) in [5.74, 6) is 0.747. The average Bonchev–Trinajstić information content (AvgIpc) is 3.22. The fourth-order valence-corrected chi connectivity index (χ4v) is 4.56. The summed E-state index contributed by atoms with van der Waals surface area (Å²) in [5, 5.41) is 11.7. The highest BCUT2D eigenvalue weighted by Crippen LogP contribution is 2.38. The number of piperidine rings is 2. The Bertz CT molecular complexity index is 808. The van der Waals surface area contributed by atoms with Gasteiger partial charge in [0, 0.05) is 31.6 Å². The highest BCUT2D eigenvalue weighted by atomic mass is 32.3. The Morgan fingerprint density at radius 2 is 2.11 bits per heavy atom. The van der Waals surface area contributed by atoms with Crippen LogP contribution in [0.15, 0.2) is 10.6 Å². The smallest absolute Gasteiger partial charge is 0.361 e. The first-order chi connectivity index (χ1) is 13.4. The molecule has 0 aromatic carbocycles. The molecule has 1 aromatic rings. The quantitative estimate of drug-likeness (QED) is 0.535. The highest BCUT2D eigenvalue weighted by Gasteiger charge is 2.48. The summed E-state index contributed by atoms with van der Waals surface area (Å²) in [7, 11) is -4.74. The van der Waals surface area contributed by atoms with Crippen LogP contribution in [0.4, 0.5) is 4.79 Å². The van der Waals surface area contributed by atoms with E-state index in [1.807, 2.05) is 6.07 Å². The summed E-state index contributed by atoms with van der Waals surface area (Å²) in [6.07, 6.45) is 4.09. The van der Waals surface area contributed by atoms with Gasteiger partial charge in [0.2, 0.25) is 0 Å². The molecule has 3 aliphatic rings. The van der Waals surface area contributed by atoms with Gasteiger partial charge in [0.25, 0.3) is 0 Å². The molecule has 3 saturated heterocycles. The Hall–Kier alpha value is -1.73. The van der Waals surface area contributed by atoms with E-state index in [9.17, 15) is 13.2 Å². The Kier molecular flexibility index (Phi) is 5.56. The maximum absolute atomic E-state index is 12.5. The molecule has 156 valence electrons. The van der Waals surface area contributed by atoms with Crippen molar-refractivity contribution in [2.24, 2.45) is 0 Å². The van der Waals surface area contributed by atoms with E-state index in [-0.39, 0.29) is 6.04 Å². The molecular weight excluding hydrogens is 390 g/mol. The number of fused-ring (bicyclic) bond motifs is 2. The molecule has 0 unspecified atom stereocenters. The molecule has 4 rings (SSSR count). The van der Waals surface area contributed by atoms with Crippen LogP contribution in [0, 0.1) is 0 Å². The molecule has 0 spiro atoms. The fourth-order valence-electron chi connectivity index (χ4n) is 4.17. The van der Waals surface area contributed by atoms with E-state index >= 15 is 0 Å². The second kappa shape index (κ2) is 7.95. The van der Waals surface area contributed by atoms with Gasteiger partial charge in [0.1, 0.15) is 11.5 Å². The Morgan fingerprint density at radius 1 is 1.32 bits per heavy atom. The number of urea groups is 1. The summed E-state index contributed by atoms with van der Waals surface area (Å²) >= 11 is 0. The number of hydroxylamine groups is 2. The molecule has 3 aliphatic heterocycles. The van der Waals surface area contributed by atoms with Gasteiger partial charge in [-0.3, -0.25) is 4.55 Å². The second-order valence-electron chi connectivity index (χ2n) is 7.46. The first kappa shape index (κ1) is 19.6. The zero-order valence-corrected chi connectivity index (χ0v) is 16.2. The van der Waals surface area contributed by atoms with Gasteiger partial charge in [-0.2, -0.15) is 13.5 Å². The number of carbonyl (C=O) groups is 1. The monoisotopic (exact) mass is 415 g/mol. The first-order valence-corrected chi connectivity index (χ1v) is 10.9. The topological polar surface area (TPSA) is 137 Å². The van der Waals surface area contributed by atoms with Gasteiger partial charge in [0.15, 0.2) is 0 Å². The van der Waals surface area contributed by atoms with Crippen LogP contribution in [0.5, 0.6) is 0 Å². The third-order valence-electron chi connectivity index (χ3n) is 5.56. The number of hydrogen-bond acceptors (Lipinski definition) is 8. The maximum atomic E-state index is 12.5. The van der Waals surface area contributed by atoms with Gasteiger partial charge in [0.05, 0.1) is 12.1 Å². The largest absolute Gasteiger partial charge is 0.418 e. The summed E-state index contributed by atoms with van der Waals surface area (Å²) in [5.41, 5.74) is 0.650. The number of nitrogens with one attached hydrogen (secondary N) is 2. The molecule has 2 bridgehead atoms. The van der Waals surface area contributed by atoms with Crippen LogP contribution in [0.25, 0.3) is 0 Å². The average molecular weight is 415 g/mol. The summed E-state index contributed by atoms with van der Waals surface area (Å²) in [6.45, 7) is 3.19. The number of carbonyl (C=O) groups excluding carboxylic acids is 1. The summed E-state index contributed by atoms with van der Waals surface area (Å²) in [4.78, 5) is 14.0. The van der Waals surface area contributed by atoms with E-state index in [0.717, 1.165) is 43.3 Å². The number of amides is 2. The minimum Gasteiger partial charge on any atom is -0.361 e. The van der Waals surface area contributed by atoms with Crippen molar-refractivity contribution in [3.8, 4) is 0 Å². The molecule has 3 fully saturated rings. The van der Waals surface area contributed by atoms with Gasteiger partial charge in [-0.25, -0.2) is 4.79 Å². The van der Waals surface area contributed by atoms with Gasteiger partial charge in [-0.1, -0.05) is 5.16 Å². The van der Waals surface area contributed by atoms with Gasteiger partial charge < -0.3 is 20.1 Å². The molecule has 4 heterocycles. The van der Waals surface area contributed by atoms with Crippen LogP contribution >= 0.6 is 0 Å². The molecule has 0 aliphatic carbocycles. The zero-order valence-electron chi connectivity index (χ0n) is 15.4. The standard InChI is InChI=1S/C16H25N5O6S/c22-16-20-10-12(21(16)27-28(23,24)25)1-2-15(20)14-9-13(26-19-14)5-8-18-11-3-6-17-7-4-11/h9,11-12,15,17-18H,1-8,10H2,(H,23,24,25)/t12-,15-/m1/s1. The van der Waals surface area contributed by atoms with Crippen LogP contribution in [0.1, 0.15) is 43.2 Å². The lowest BCUT2D eigenvalue weighted by Gasteiger charge is -2.28. The van der Waals surface area contributed by atoms with E-state index in [1.165, 1.54) is 4.90 Å². The van der Waals surface area contributed by atoms with E-state index in [4.69, 9.17) is 9.08 Å².